The Morgan fingerprint density at radius 3 is 2.53 bits per heavy atom. The summed E-state index contributed by atoms with van der Waals surface area (Å²) in [7, 11) is 0. The molecule has 3 heterocycles. The quantitative estimate of drug-likeness (QED) is 0.337. The highest BCUT2D eigenvalue weighted by molar-refractivity contribution is 6.39. The van der Waals surface area contributed by atoms with E-state index >= 15 is 0 Å². The average molecular weight is 493 g/mol. The predicted molar refractivity (Wildman–Crippen MR) is 130 cm³/mol. The van der Waals surface area contributed by atoms with E-state index in [1.807, 2.05) is 31.2 Å². The zero-order chi connectivity index (χ0) is 23.8. The lowest BCUT2D eigenvalue weighted by Gasteiger charge is -2.08. The van der Waals surface area contributed by atoms with Crippen molar-refractivity contribution in [2.75, 3.05) is 5.32 Å². The van der Waals surface area contributed by atoms with Gasteiger partial charge in [-0.1, -0.05) is 58.2 Å². The fourth-order valence-electron chi connectivity index (χ4n) is 3.54. The fraction of sp³-hybridized carbons (Fsp3) is 0.125. The second kappa shape index (κ2) is 8.89. The number of halogens is 2. The van der Waals surface area contributed by atoms with E-state index < -0.39 is 0 Å². The van der Waals surface area contributed by atoms with Gasteiger partial charge in [0.1, 0.15) is 6.54 Å². The number of aromatic nitrogens is 5. The maximum absolute atomic E-state index is 12.8. The summed E-state index contributed by atoms with van der Waals surface area (Å²) in [5.41, 5.74) is 3.99. The third-order valence-corrected chi connectivity index (χ3v) is 5.93. The second-order valence-corrected chi connectivity index (χ2v) is 8.58. The van der Waals surface area contributed by atoms with Crippen LogP contribution in [0.25, 0.3) is 22.4 Å². The number of amides is 1. The van der Waals surface area contributed by atoms with Crippen LogP contribution in [0.1, 0.15) is 27.5 Å². The molecule has 0 aliphatic heterocycles. The van der Waals surface area contributed by atoms with Gasteiger partial charge in [0, 0.05) is 22.5 Å². The van der Waals surface area contributed by atoms with Crippen LogP contribution >= 0.6 is 23.2 Å². The first-order valence-corrected chi connectivity index (χ1v) is 11.1. The molecule has 0 atom stereocenters. The number of nitrogens with one attached hydrogen (secondary N) is 1. The Balaban J connectivity index is 1.42. The van der Waals surface area contributed by atoms with Crippen LogP contribution in [-0.4, -0.2) is 30.8 Å². The summed E-state index contributed by atoms with van der Waals surface area (Å²) in [5.74, 6) is 0.492. The average Bonchev–Trinajstić information content (AvgIpc) is 3.41. The smallest absolute Gasteiger partial charge is 0.258 e. The third kappa shape index (κ3) is 4.25. The van der Waals surface area contributed by atoms with Gasteiger partial charge in [-0.25, -0.2) is 9.67 Å². The number of benzene rings is 2. The molecule has 3 aromatic heterocycles. The van der Waals surface area contributed by atoms with Crippen LogP contribution in [0.4, 0.5) is 5.69 Å². The maximum atomic E-state index is 12.8. The van der Waals surface area contributed by atoms with Gasteiger partial charge in [0.15, 0.2) is 5.65 Å². The van der Waals surface area contributed by atoms with Crippen LogP contribution in [0, 0.1) is 13.8 Å². The molecule has 5 rings (SSSR count). The number of pyridine rings is 1. The fourth-order valence-corrected chi connectivity index (χ4v) is 4.02. The molecule has 0 unspecified atom stereocenters. The van der Waals surface area contributed by atoms with Crippen molar-refractivity contribution in [2.45, 2.75) is 20.4 Å². The molecule has 0 saturated carbocycles. The SMILES string of the molecule is Cc1ccc(-c2noc(Cn3nc(C)c4c(Cl)c(C(=O)Nc5ccc(Cl)cc5)cnc43)n2)cc1. The topological polar surface area (TPSA) is 98.7 Å². The molecule has 8 nitrogen and oxygen atoms in total. The van der Waals surface area contributed by atoms with Gasteiger partial charge in [-0.05, 0) is 38.1 Å². The van der Waals surface area contributed by atoms with Gasteiger partial charge >= 0.3 is 0 Å². The van der Waals surface area contributed by atoms with Gasteiger partial charge < -0.3 is 9.84 Å². The van der Waals surface area contributed by atoms with Gasteiger partial charge in [0.2, 0.25) is 11.7 Å². The molecule has 170 valence electrons. The van der Waals surface area contributed by atoms with Crippen LogP contribution in [0.2, 0.25) is 10.0 Å². The van der Waals surface area contributed by atoms with Gasteiger partial charge in [-0.15, -0.1) is 0 Å². The van der Waals surface area contributed by atoms with Crippen molar-refractivity contribution in [2.24, 2.45) is 0 Å². The zero-order valence-electron chi connectivity index (χ0n) is 18.2. The van der Waals surface area contributed by atoms with E-state index in [2.05, 4.69) is 25.5 Å². The zero-order valence-corrected chi connectivity index (χ0v) is 19.7. The number of rotatable bonds is 5. The highest BCUT2D eigenvalue weighted by Crippen LogP contribution is 2.29. The summed E-state index contributed by atoms with van der Waals surface area (Å²) < 4.78 is 7.05. The molecular weight excluding hydrogens is 475 g/mol. The van der Waals surface area contributed by atoms with Crippen molar-refractivity contribution in [1.29, 1.82) is 0 Å². The highest BCUT2D eigenvalue weighted by Gasteiger charge is 2.21. The number of nitrogens with zero attached hydrogens (tertiary/aromatic N) is 5. The summed E-state index contributed by atoms with van der Waals surface area (Å²) in [6, 6.07) is 14.7. The van der Waals surface area contributed by atoms with Crippen molar-refractivity contribution in [3.8, 4) is 11.4 Å². The van der Waals surface area contributed by atoms with E-state index in [1.165, 1.54) is 6.20 Å². The molecule has 5 aromatic rings. The summed E-state index contributed by atoms with van der Waals surface area (Å²) in [6.07, 6.45) is 1.43. The Bertz CT molecular complexity index is 1510. The van der Waals surface area contributed by atoms with E-state index in [9.17, 15) is 4.79 Å². The number of aryl methyl sites for hydroxylation is 2. The molecule has 0 aliphatic carbocycles. The largest absolute Gasteiger partial charge is 0.337 e. The molecular formula is C24H18Cl2N6O2. The monoisotopic (exact) mass is 492 g/mol. The van der Waals surface area contributed by atoms with Crippen LogP contribution in [0.15, 0.2) is 59.3 Å². The lowest BCUT2D eigenvalue weighted by atomic mass is 10.1. The molecule has 0 fully saturated rings. The maximum Gasteiger partial charge on any atom is 0.258 e. The van der Waals surface area contributed by atoms with E-state index in [-0.39, 0.29) is 23.0 Å². The first kappa shape index (κ1) is 22.1. The van der Waals surface area contributed by atoms with Crippen molar-refractivity contribution in [1.82, 2.24) is 24.9 Å². The summed E-state index contributed by atoms with van der Waals surface area (Å²) in [5, 5.41) is 12.8. The van der Waals surface area contributed by atoms with E-state index in [1.54, 1.807) is 35.9 Å². The summed E-state index contributed by atoms with van der Waals surface area (Å²) in [6.45, 7) is 4.03. The standard InChI is InChI=1S/C24H18Cl2N6O2/c1-13-3-5-15(6-4-13)22-29-19(34-31-22)12-32-23-20(14(2)30-32)21(26)18(11-27-23)24(33)28-17-9-7-16(25)8-10-17/h3-11H,12H2,1-2H3,(H,28,33). The highest BCUT2D eigenvalue weighted by atomic mass is 35.5. The van der Waals surface area contributed by atoms with Crippen molar-refractivity contribution < 1.29 is 9.32 Å². The molecule has 0 spiro atoms. The van der Waals surface area contributed by atoms with E-state index in [4.69, 9.17) is 27.7 Å². The van der Waals surface area contributed by atoms with Gasteiger partial charge in [-0.2, -0.15) is 10.1 Å². The Hall–Kier alpha value is -3.75. The minimum absolute atomic E-state index is 0.211. The van der Waals surface area contributed by atoms with Crippen molar-refractivity contribution in [3.05, 3.63) is 87.5 Å². The second-order valence-electron chi connectivity index (χ2n) is 7.77. The third-order valence-electron chi connectivity index (χ3n) is 5.28. The van der Waals surface area contributed by atoms with E-state index in [0.717, 1.165) is 11.1 Å². The van der Waals surface area contributed by atoms with Crippen molar-refractivity contribution >= 4 is 45.8 Å². The molecule has 1 amide bonds. The Labute approximate surface area is 204 Å². The summed E-state index contributed by atoms with van der Waals surface area (Å²) >= 11 is 12.5. The van der Waals surface area contributed by atoms with Crippen molar-refractivity contribution in [3.63, 3.8) is 0 Å². The first-order chi connectivity index (χ1) is 16.4. The van der Waals surface area contributed by atoms with Gasteiger partial charge in [0.05, 0.1) is 21.7 Å². The lowest BCUT2D eigenvalue weighted by molar-refractivity contribution is 0.102. The number of anilines is 1. The predicted octanol–water partition coefficient (Wildman–Crippen LogP) is 5.71. The molecule has 1 N–H and O–H groups in total. The number of fused-ring (bicyclic) bond motifs is 1. The molecule has 0 radical (unpaired) electrons. The minimum atomic E-state index is -0.381. The number of hydrogen-bond donors (Lipinski definition) is 1. The molecule has 34 heavy (non-hydrogen) atoms. The molecule has 0 saturated heterocycles. The molecule has 0 aliphatic rings. The lowest BCUT2D eigenvalue weighted by Crippen LogP contribution is -2.13. The number of carbonyl (C=O) groups excluding carboxylic acids is 1. The van der Waals surface area contributed by atoms with Gasteiger partial charge in [0.25, 0.3) is 5.91 Å². The Morgan fingerprint density at radius 1 is 1.06 bits per heavy atom. The molecule has 10 heteroatoms. The Kier molecular flexibility index (Phi) is 5.77. The van der Waals surface area contributed by atoms with Crippen LogP contribution in [-0.2, 0) is 6.54 Å². The van der Waals surface area contributed by atoms with Crippen LogP contribution in [0.5, 0.6) is 0 Å². The first-order valence-electron chi connectivity index (χ1n) is 10.4. The summed E-state index contributed by atoms with van der Waals surface area (Å²) in [4.78, 5) is 21.7. The number of carbonyl (C=O) groups is 1. The molecule has 0 bridgehead atoms. The Morgan fingerprint density at radius 2 is 1.79 bits per heavy atom. The normalized spacial score (nSPS) is 11.2. The van der Waals surface area contributed by atoms with Crippen LogP contribution < -0.4 is 5.32 Å². The molecule has 2 aromatic carbocycles. The van der Waals surface area contributed by atoms with E-state index in [0.29, 0.717) is 39.2 Å². The minimum Gasteiger partial charge on any atom is -0.337 e. The van der Waals surface area contributed by atoms with Crippen LogP contribution in [0.3, 0.4) is 0 Å². The van der Waals surface area contributed by atoms with Gasteiger partial charge in [-0.3, -0.25) is 4.79 Å². The number of hydrogen-bond acceptors (Lipinski definition) is 6.